The second kappa shape index (κ2) is 10.4. The van der Waals surface area contributed by atoms with Crippen LogP contribution in [0.25, 0.3) is 16.8 Å². The van der Waals surface area contributed by atoms with E-state index in [2.05, 4.69) is 15.2 Å². The second-order valence-corrected chi connectivity index (χ2v) is 9.04. The molecule has 1 aliphatic heterocycles. The quantitative estimate of drug-likeness (QED) is 0.396. The Morgan fingerprint density at radius 1 is 1.20 bits per heavy atom. The van der Waals surface area contributed by atoms with E-state index in [9.17, 15) is 4.79 Å². The molecule has 1 saturated heterocycles. The standard InChI is InChI=1S/C27H28ClN5O2/c1-2-35-25-12-6-3-8-19(25)17-30-27(34)20-9-7-14-32(18-20)26-24-16-23(31-33(24)15-13-29-26)21-10-4-5-11-22(21)28/h3-6,8,10-13,15-16,20H,2,7,9,14,17-18H2,1H3,(H,30,34)/t20-/m1/s1. The van der Waals surface area contributed by atoms with Gasteiger partial charge >= 0.3 is 0 Å². The van der Waals surface area contributed by atoms with E-state index in [1.165, 1.54) is 0 Å². The summed E-state index contributed by atoms with van der Waals surface area (Å²) in [5.41, 5.74) is 3.55. The first kappa shape index (κ1) is 23.2. The van der Waals surface area contributed by atoms with Crippen molar-refractivity contribution in [3.05, 3.63) is 77.6 Å². The molecule has 0 radical (unpaired) electrons. The Bertz CT molecular complexity index is 1340. The summed E-state index contributed by atoms with van der Waals surface area (Å²) in [6, 6.07) is 17.5. The second-order valence-electron chi connectivity index (χ2n) is 8.63. The van der Waals surface area contributed by atoms with Gasteiger partial charge in [0.2, 0.25) is 5.91 Å². The SMILES string of the molecule is CCOc1ccccc1CNC(=O)[C@@H]1CCCN(c2nccn3nc(-c4ccccc4Cl)cc23)C1. The van der Waals surface area contributed by atoms with Gasteiger partial charge < -0.3 is 15.0 Å². The van der Waals surface area contributed by atoms with Crippen molar-refractivity contribution in [1.82, 2.24) is 19.9 Å². The number of amides is 1. The Kier molecular flexibility index (Phi) is 6.86. The van der Waals surface area contributed by atoms with Crippen molar-refractivity contribution in [2.75, 3.05) is 24.6 Å². The van der Waals surface area contributed by atoms with Crippen LogP contribution in [0.3, 0.4) is 0 Å². The summed E-state index contributed by atoms with van der Waals surface area (Å²) in [5, 5.41) is 8.48. The molecule has 1 atom stereocenters. The molecule has 0 saturated carbocycles. The molecular formula is C27H28ClN5O2. The van der Waals surface area contributed by atoms with Gasteiger partial charge in [0, 0.05) is 43.2 Å². The number of nitrogens with zero attached hydrogens (tertiary/aromatic N) is 4. The first-order valence-electron chi connectivity index (χ1n) is 12.0. The number of nitrogens with one attached hydrogen (secondary N) is 1. The summed E-state index contributed by atoms with van der Waals surface area (Å²) >= 11 is 6.40. The largest absolute Gasteiger partial charge is 0.494 e. The minimum Gasteiger partial charge on any atom is -0.494 e. The number of piperidine rings is 1. The van der Waals surface area contributed by atoms with Crippen LogP contribution in [-0.2, 0) is 11.3 Å². The minimum atomic E-state index is -0.115. The van der Waals surface area contributed by atoms with Crippen LogP contribution in [-0.4, -0.2) is 40.2 Å². The lowest BCUT2D eigenvalue weighted by atomic mass is 9.97. The van der Waals surface area contributed by atoms with Crippen molar-refractivity contribution in [2.24, 2.45) is 5.92 Å². The van der Waals surface area contributed by atoms with Crippen molar-refractivity contribution in [3.63, 3.8) is 0 Å². The van der Waals surface area contributed by atoms with E-state index < -0.39 is 0 Å². The molecule has 2 aromatic heterocycles. The zero-order valence-corrected chi connectivity index (χ0v) is 20.4. The van der Waals surface area contributed by atoms with Crippen LogP contribution in [0.4, 0.5) is 5.82 Å². The highest BCUT2D eigenvalue weighted by Crippen LogP contribution is 2.31. The smallest absolute Gasteiger partial charge is 0.225 e. The molecule has 1 amide bonds. The zero-order valence-electron chi connectivity index (χ0n) is 19.7. The summed E-state index contributed by atoms with van der Waals surface area (Å²) in [6.45, 7) is 4.45. The summed E-state index contributed by atoms with van der Waals surface area (Å²) in [6.07, 6.45) is 5.35. The molecule has 1 aliphatic rings. The van der Waals surface area contributed by atoms with Crippen LogP contribution >= 0.6 is 11.6 Å². The molecule has 4 aromatic rings. The molecule has 3 heterocycles. The highest BCUT2D eigenvalue weighted by Gasteiger charge is 2.28. The molecule has 0 aliphatic carbocycles. The summed E-state index contributed by atoms with van der Waals surface area (Å²) in [5.74, 6) is 1.58. The van der Waals surface area contributed by atoms with Crippen molar-refractivity contribution in [1.29, 1.82) is 0 Å². The number of hydrogen-bond acceptors (Lipinski definition) is 5. The third-order valence-corrected chi connectivity index (χ3v) is 6.67. The van der Waals surface area contributed by atoms with Crippen LogP contribution < -0.4 is 15.0 Å². The van der Waals surface area contributed by atoms with E-state index in [0.717, 1.165) is 53.3 Å². The van der Waals surface area contributed by atoms with Crippen LogP contribution in [0, 0.1) is 5.92 Å². The van der Waals surface area contributed by atoms with E-state index in [1.807, 2.05) is 72.2 Å². The van der Waals surface area contributed by atoms with Gasteiger partial charge in [-0.25, -0.2) is 9.50 Å². The molecular weight excluding hydrogens is 462 g/mol. The van der Waals surface area contributed by atoms with Gasteiger partial charge in [0.05, 0.1) is 23.2 Å². The fraction of sp³-hybridized carbons (Fsp3) is 0.296. The molecule has 2 aromatic carbocycles. The zero-order chi connectivity index (χ0) is 24.2. The van der Waals surface area contributed by atoms with E-state index in [1.54, 1.807) is 6.20 Å². The van der Waals surface area contributed by atoms with Gasteiger partial charge in [0.1, 0.15) is 11.3 Å². The molecule has 35 heavy (non-hydrogen) atoms. The maximum Gasteiger partial charge on any atom is 0.225 e. The van der Waals surface area contributed by atoms with E-state index in [4.69, 9.17) is 21.4 Å². The molecule has 0 unspecified atom stereocenters. The molecule has 0 spiro atoms. The number of benzene rings is 2. The van der Waals surface area contributed by atoms with Crippen LogP contribution in [0.2, 0.25) is 5.02 Å². The van der Waals surface area contributed by atoms with Crippen LogP contribution in [0.15, 0.2) is 67.0 Å². The lowest BCUT2D eigenvalue weighted by Crippen LogP contribution is -2.43. The maximum atomic E-state index is 13.1. The normalized spacial score (nSPS) is 15.8. The lowest BCUT2D eigenvalue weighted by Gasteiger charge is -2.33. The van der Waals surface area contributed by atoms with Gasteiger partial charge in [-0.2, -0.15) is 5.10 Å². The number of halogens is 1. The van der Waals surface area contributed by atoms with Gasteiger partial charge in [-0.15, -0.1) is 0 Å². The fourth-order valence-corrected chi connectivity index (χ4v) is 4.84. The molecule has 8 heteroatoms. The van der Waals surface area contributed by atoms with E-state index >= 15 is 0 Å². The Labute approximate surface area is 209 Å². The van der Waals surface area contributed by atoms with Crippen molar-refractivity contribution < 1.29 is 9.53 Å². The van der Waals surface area contributed by atoms with Gasteiger partial charge in [-0.3, -0.25) is 4.79 Å². The summed E-state index contributed by atoms with van der Waals surface area (Å²) in [4.78, 5) is 19.9. The molecule has 180 valence electrons. The number of carbonyl (C=O) groups excluding carboxylic acids is 1. The molecule has 5 rings (SSSR count). The first-order valence-corrected chi connectivity index (χ1v) is 12.3. The number of fused-ring (bicyclic) bond motifs is 1. The van der Waals surface area contributed by atoms with Gasteiger partial charge in [0.15, 0.2) is 5.82 Å². The van der Waals surface area contributed by atoms with Gasteiger partial charge in [0.25, 0.3) is 0 Å². The topological polar surface area (TPSA) is 71.8 Å². The Hall–Kier alpha value is -3.58. The van der Waals surface area contributed by atoms with E-state index in [-0.39, 0.29) is 11.8 Å². The van der Waals surface area contributed by atoms with Crippen LogP contribution in [0.1, 0.15) is 25.3 Å². The predicted molar refractivity (Wildman–Crippen MR) is 138 cm³/mol. The minimum absolute atomic E-state index is 0.0539. The van der Waals surface area contributed by atoms with Crippen LogP contribution in [0.5, 0.6) is 5.75 Å². The lowest BCUT2D eigenvalue weighted by molar-refractivity contribution is -0.125. The molecule has 1 fully saturated rings. The van der Waals surface area contributed by atoms with E-state index in [0.29, 0.717) is 24.7 Å². The maximum absolute atomic E-state index is 13.1. The predicted octanol–water partition coefficient (Wildman–Crippen LogP) is 4.98. The number of rotatable bonds is 7. The van der Waals surface area contributed by atoms with Gasteiger partial charge in [-0.05, 0) is 38.0 Å². The molecule has 1 N–H and O–H groups in total. The Morgan fingerprint density at radius 3 is 2.89 bits per heavy atom. The van der Waals surface area contributed by atoms with Crippen molar-refractivity contribution >= 4 is 28.8 Å². The number of hydrogen-bond donors (Lipinski definition) is 1. The van der Waals surface area contributed by atoms with Gasteiger partial charge in [-0.1, -0.05) is 48.0 Å². The third-order valence-electron chi connectivity index (χ3n) is 6.34. The highest BCUT2D eigenvalue weighted by molar-refractivity contribution is 6.33. The third kappa shape index (κ3) is 4.95. The van der Waals surface area contributed by atoms with Crippen molar-refractivity contribution in [2.45, 2.75) is 26.3 Å². The Balaban J connectivity index is 1.32. The highest BCUT2D eigenvalue weighted by atomic mass is 35.5. The molecule has 0 bridgehead atoms. The average molecular weight is 490 g/mol. The number of ether oxygens (including phenoxy) is 1. The first-order chi connectivity index (χ1) is 17.1. The fourth-order valence-electron chi connectivity index (χ4n) is 4.61. The molecule has 7 nitrogen and oxygen atoms in total. The summed E-state index contributed by atoms with van der Waals surface area (Å²) in [7, 11) is 0. The van der Waals surface area contributed by atoms with Crippen molar-refractivity contribution in [3.8, 4) is 17.0 Å². The Morgan fingerprint density at radius 2 is 2.03 bits per heavy atom. The number of para-hydroxylation sites is 1. The monoisotopic (exact) mass is 489 g/mol. The number of carbonyl (C=O) groups is 1. The average Bonchev–Trinajstić information content (AvgIpc) is 3.33. The summed E-state index contributed by atoms with van der Waals surface area (Å²) < 4.78 is 7.52. The number of aromatic nitrogens is 3. The number of anilines is 1.